The van der Waals surface area contributed by atoms with Gasteiger partial charge in [-0.15, -0.1) is 6.58 Å². The molecule has 1 nitrogen and oxygen atoms in total. The molecule has 15 heavy (non-hydrogen) atoms. The summed E-state index contributed by atoms with van der Waals surface area (Å²) in [5.74, 6) is 0.454. The van der Waals surface area contributed by atoms with Gasteiger partial charge in [-0.3, -0.25) is 4.90 Å². The third-order valence-electron chi connectivity index (χ3n) is 2.68. The maximum Gasteiger partial charge on any atom is 0.153 e. The average Bonchev–Trinajstić information content (AvgIpc) is 2.21. The maximum atomic E-state index is 13.6. The van der Waals surface area contributed by atoms with Crippen LogP contribution in [0.5, 0.6) is 0 Å². The molecule has 0 saturated heterocycles. The van der Waals surface area contributed by atoms with E-state index in [0.29, 0.717) is 12.3 Å². The zero-order chi connectivity index (χ0) is 11.8. The summed E-state index contributed by atoms with van der Waals surface area (Å²) < 4.78 is 13.6. The minimum atomic E-state index is -0.861. The first-order valence-corrected chi connectivity index (χ1v) is 5.62. The smallest absolute Gasteiger partial charge is 0.153 e. The summed E-state index contributed by atoms with van der Waals surface area (Å²) in [6.07, 6.45) is 3.11. The van der Waals surface area contributed by atoms with E-state index in [1.165, 1.54) is 0 Å². The van der Waals surface area contributed by atoms with Gasteiger partial charge in [0.05, 0.1) is 0 Å². The summed E-state index contributed by atoms with van der Waals surface area (Å²) in [5, 5.41) is 0. The zero-order valence-corrected chi connectivity index (χ0v) is 10.3. The molecule has 0 rings (SSSR count). The van der Waals surface area contributed by atoms with Crippen molar-refractivity contribution in [2.45, 2.75) is 39.4 Å². The molecule has 0 aromatic carbocycles. The predicted octanol–water partition coefficient (Wildman–Crippen LogP) is 3.78. The summed E-state index contributed by atoms with van der Waals surface area (Å²) in [4.78, 5) is 1.73. The van der Waals surface area contributed by atoms with Crippen molar-refractivity contribution in [3.05, 3.63) is 24.8 Å². The van der Waals surface area contributed by atoms with E-state index < -0.39 is 6.30 Å². The van der Waals surface area contributed by atoms with Gasteiger partial charge in [-0.05, 0) is 32.2 Å². The van der Waals surface area contributed by atoms with Gasteiger partial charge in [-0.1, -0.05) is 32.1 Å². The molecule has 0 aliphatic rings. The Balaban J connectivity index is 3.76. The third-order valence-corrected chi connectivity index (χ3v) is 2.68. The summed E-state index contributed by atoms with van der Waals surface area (Å²) >= 11 is 0. The Bertz CT molecular complexity index is 199. The largest absolute Gasteiger partial charge is 0.277 e. The van der Waals surface area contributed by atoms with Crippen LogP contribution in [0, 0.1) is 5.92 Å². The van der Waals surface area contributed by atoms with Gasteiger partial charge in [0.25, 0.3) is 0 Å². The van der Waals surface area contributed by atoms with Gasteiger partial charge < -0.3 is 0 Å². The van der Waals surface area contributed by atoms with E-state index >= 15 is 0 Å². The minimum Gasteiger partial charge on any atom is -0.277 e. The number of allylic oxidation sites excluding steroid dienone is 1. The lowest BCUT2D eigenvalue weighted by Crippen LogP contribution is -2.28. The molecule has 0 radical (unpaired) electrons. The molecule has 2 heteroatoms. The van der Waals surface area contributed by atoms with Crippen LogP contribution in [0.1, 0.15) is 33.1 Å². The lowest BCUT2D eigenvalue weighted by Gasteiger charge is -2.21. The lowest BCUT2D eigenvalue weighted by molar-refractivity contribution is 0.103. The Morgan fingerprint density at radius 1 is 1.47 bits per heavy atom. The Hall–Kier alpha value is -0.630. The van der Waals surface area contributed by atoms with E-state index in [2.05, 4.69) is 27.0 Å². The second-order valence-electron chi connectivity index (χ2n) is 4.34. The molecule has 0 spiro atoms. The predicted molar refractivity (Wildman–Crippen MR) is 65.6 cm³/mol. The first kappa shape index (κ1) is 14.4. The van der Waals surface area contributed by atoms with E-state index in [0.717, 1.165) is 25.0 Å². The molecule has 0 aliphatic carbocycles. The number of alkyl halides is 1. The molecule has 0 aliphatic heterocycles. The normalized spacial score (nSPS) is 13.2. The fraction of sp³-hybridized carbons (Fsp3) is 0.692. The average molecular weight is 213 g/mol. The molecule has 0 N–H and O–H groups in total. The number of hydrogen-bond acceptors (Lipinski definition) is 1. The molecule has 0 aromatic heterocycles. The second-order valence-corrected chi connectivity index (χ2v) is 4.34. The van der Waals surface area contributed by atoms with Gasteiger partial charge in [0.15, 0.2) is 6.30 Å². The Morgan fingerprint density at radius 2 is 2.07 bits per heavy atom. The van der Waals surface area contributed by atoms with Crippen molar-refractivity contribution in [2.24, 2.45) is 5.92 Å². The van der Waals surface area contributed by atoms with Crippen molar-refractivity contribution < 1.29 is 4.39 Å². The highest BCUT2D eigenvalue weighted by Gasteiger charge is 2.13. The summed E-state index contributed by atoms with van der Waals surface area (Å²) in [7, 11) is 1.81. The van der Waals surface area contributed by atoms with Crippen molar-refractivity contribution in [3.63, 3.8) is 0 Å². The van der Waals surface area contributed by atoms with Crippen LogP contribution in [0.2, 0.25) is 0 Å². The highest BCUT2D eigenvalue weighted by atomic mass is 19.1. The first-order chi connectivity index (χ1) is 6.99. The van der Waals surface area contributed by atoms with Gasteiger partial charge in [-0.25, -0.2) is 4.39 Å². The van der Waals surface area contributed by atoms with Gasteiger partial charge in [0.1, 0.15) is 0 Å². The fourth-order valence-corrected chi connectivity index (χ4v) is 1.25. The summed E-state index contributed by atoms with van der Waals surface area (Å²) in [6.45, 7) is 12.5. The zero-order valence-electron chi connectivity index (χ0n) is 10.3. The van der Waals surface area contributed by atoms with Crippen LogP contribution in [0.15, 0.2) is 24.8 Å². The number of halogens is 1. The fourth-order valence-electron chi connectivity index (χ4n) is 1.25. The molecular formula is C13H24FN. The highest BCUT2D eigenvalue weighted by Crippen LogP contribution is 2.17. The Morgan fingerprint density at radius 3 is 2.53 bits per heavy atom. The number of hydrogen-bond donors (Lipinski definition) is 0. The summed E-state index contributed by atoms with van der Waals surface area (Å²) in [5.41, 5.74) is 1.13. The van der Waals surface area contributed by atoms with Crippen molar-refractivity contribution in [1.82, 2.24) is 4.90 Å². The van der Waals surface area contributed by atoms with Crippen molar-refractivity contribution in [1.29, 1.82) is 0 Å². The molecule has 0 saturated carbocycles. The molecule has 0 bridgehead atoms. The molecule has 1 unspecified atom stereocenters. The van der Waals surface area contributed by atoms with Gasteiger partial charge in [0.2, 0.25) is 0 Å². The SMILES string of the molecule is C=CCCN(C)C(F)CCC(=C)C(C)C. The molecule has 0 fully saturated rings. The van der Waals surface area contributed by atoms with Crippen molar-refractivity contribution in [3.8, 4) is 0 Å². The molecule has 0 amide bonds. The van der Waals surface area contributed by atoms with E-state index in [-0.39, 0.29) is 0 Å². The standard InChI is InChI=1S/C13H24FN/c1-6-7-10-15(5)13(14)9-8-12(4)11(2)3/h6,11,13H,1,4,7-10H2,2-3,5H3. The topological polar surface area (TPSA) is 3.24 Å². The summed E-state index contributed by atoms with van der Waals surface area (Å²) in [6, 6.07) is 0. The Kier molecular flexibility index (Phi) is 7.31. The van der Waals surface area contributed by atoms with Crippen LogP contribution in [0.3, 0.4) is 0 Å². The molecular weight excluding hydrogens is 189 g/mol. The molecule has 1 atom stereocenters. The van der Waals surface area contributed by atoms with Crippen LogP contribution >= 0.6 is 0 Å². The molecule has 0 aromatic rings. The van der Waals surface area contributed by atoms with Gasteiger partial charge >= 0.3 is 0 Å². The quantitative estimate of drug-likeness (QED) is 0.438. The minimum absolute atomic E-state index is 0.454. The Labute approximate surface area is 93.7 Å². The van der Waals surface area contributed by atoms with Crippen LogP contribution in [-0.2, 0) is 0 Å². The lowest BCUT2D eigenvalue weighted by atomic mass is 10.00. The van der Waals surface area contributed by atoms with Crippen LogP contribution in [0.4, 0.5) is 4.39 Å². The molecule has 88 valence electrons. The first-order valence-electron chi connectivity index (χ1n) is 5.62. The number of nitrogens with zero attached hydrogens (tertiary/aromatic N) is 1. The maximum absolute atomic E-state index is 13.6. The van der Waals surface area contributed by atoms with E-state index in [1.54, 1.807) is 4.90 Å². The van der Waals surface area contributed by atoms with E-state index in [9.17, 15) is 4.39 Å². The van der Waals surface area contributed by atoms with E-state index in [4.69, 9.17) is 0 Å². The van der Waals surface area contributed by atoms with Crippen LogP contribution in [-0.4, -0.2) is 24.8 Å². The van der Waals surface area contributed by atoms with Gasteiger partial charge in [0, 0.05) is 6.54 Å². The highest BCUT2D eigenvalue weighted by molar-refractivity contribution is 4.97. The number of rotatable bonds is 8. The van der Waals surface area contributed by atoms with Crippen LogP contribution < -0.4 is 0 Å². The van der Waals surface area contributed by atoms with Crippen LogP contribution in [0.25, 0.3) is 0 Å². The van der Waals surface area contributed by atoms with Crippen molar-refractivity contribution in [2.75, 3.05) is 13.6 Å². The monoisotopic (exact) mass is 213 g/mol. The van der Waals surface area contributed by atoms with Crippen molar-refractivity contribution >= 4 is 0 Å². The van der Waals surface area contributed by atoms with E-state index in [1.807, 2.05) is 13.1 Å². The second kappa shape index (κ2) is 7.63. The third kappa shape index (κ3) is 6.45. The van der Waals surface area contributed by atoms with Gasteiger partial charge in [-0.2, -0.15) is 0 Å². The molecule has 0 heterocycles.